The Morgan fingerprint density at radius 2 is 2.06 bits per heavy atom. The van der Waals surface area contributed by atoms with E-state index in [0.717, 1.165) is 16.8 Å². The van der Waals surface area contributed by atoms with Crippen molar-refractivity contribution >= 4 is 11.6 Å². The average Bonchev–Trinajstić information content (AvgIpc) is 2.36. The van der Waals surface area contributed by atoms with E-state index in [-0.39, 0.29) is 0 Å². The molecule has 0 aliphatic carbocycles. The van der Waals surface area contributed by atoms with Gasteiger partial charge in [0.25, 0.3) is 0 Å². The highest BCUT2D eigenvalue weighted by atomic mass is 35.5. The summed E-state index contributed by atoms with van der Waals surface area (Å²) in [5.41, 5.74) is 8.55. The minimum Gasteiger partial charge on any atom is -0.473 e. The number of halogens is 1. The molecule has 94 valence electrons. The molecule has 0 fully saturated rings. The largest absolute Gasteiger partial charge is 0.473 e. The molecule has 0 aliphatic heterocycles. The monoisotopic (exact) mass is 262 g/mol. The maximum absolute atomic E-state index is 5.91. The lowest BCUT2D eigenvalue weighted by atomic mass is 10.2. The summed E-state index contributed by atoms with van der Waals surface area (Å²) in [4.78, 5) is 4.31. The number of hydrogen-bond acceptors (Lipinski definition) is 3. The number of pyridine rings is 1. The second-order valence-corrected chi connectivity index (χ2v) is 4.51. The summed E-state index contributed by atoms with van der Waals surface area (Å²) in [6.45, 7) is 2.85. The molecule has 0 amide bonds. The van der Waals surface area contributed by atoms with Crippen molar-refractivity contribution in [2.75, 3.05) is 0 Å². The first kappa shape index (κ1) is 12.9. The Balaban J connectivity index is 2.08. The van der Waals surface area contributed by atoms with Crippen molar-refractivity contribution in [3.05, 3.63) is 58.2 Å². The molecule has 18 heavy (non-hydrogen) atoms. The van der Waals surface area contributed by atoms with Gasteiger partial charge in [0.15, 0.2) is 0 Å². The van der Waals surface area contributed by atoms with Gasteiger partial charge in [-0.1, -0.05) is 23.7 Å². The van der Waals surface area contributed by atoms with Gasteiger partial charge in [0.05, 0.1) is 0 Å². The zero-order valence-electron chi connectivity index (χ0n) is 10.2. The molecule has 0 atom stereocenters. The van der Waals surface area contributed by atoms with Gasteiger partial charge in [-0.05, 0) is 36.2 Å². The van der Waals surface area contributed by atoms with Crippen LogP contribution in [0.1, 0.15) is 16.8 Å². The molecular weight excluding hydrogens is 248 g/mol. The Bertz CT molecular complexity index is 543. The fraction of sp³-hybridized carbons (Fsp3) is 0.214. The summed E-state index contributed by atoms with van der Waals surface area (Å²) in [7, 11) is 0. The van der Waals surface area contributed by atoms with Gasteiger partial charge in [-0.2, -0.15) is 0 Å². The molecule has 1 aromatic carbocycles. The van der Waals surface area contributed by atoms with E-state index in [4.69, 9.17) is 22.1 Å². The van der Waals surface area contributed by atoms with Crippen molar-refractivity contribution in [2.45, 2.75) is 20.1 Å². The van der Waals surface area contributed by atoms with Crippen LogP contribution >= 0.6 is 11.6 Å². The van der Waals surface area contributed by atoms with E-state index >= 15 is 0 Å². The Kier molecular flexibility index (Phi) is 4.18. The lowest BCUT2D eigenvalue weighted by Gasteiger charge is -2.08. The zero-order chi connectivity index (χ0) is 13.0. The molecule has 4 heteroatoms. The van der Waals surface area contributed by atoms with Crippen LogP contribution in [0.4, 0.5) is 0 Å². The second-order valence-electron chi connectivity index (χ2n) is 4.08. The number of aromatic nitrogens is 1. The van der Waals surface area contributed by atoms with Crippen LogP contribution in [0.5, 0.6) is 5.88 Å². The summed E-state index contributed by atoms with van der Waals surface area (Å²) in [5.74, 6) is 0.593. The molecule has 1 aromatic heterocycles. The number of rotatable bonds is 4. The van der Waals surface area contributed by atoms with Crippen LogP contribution in [0.3, 0.4) is 0 Å². The minimum absolute atomic E-state index is 0.445. The molecule has 2 rings (SSSR count). The third-order valence-corrected chi connectivity index (χ3v) is 2.74. The van der Waals surface area contributed by atoms with Crippen molar-refractivity contribution in [3.63, 3.8) is 0 Å². The van der Waals surface area contributed by atoms with Crippen LogP contribution in [0.25, 0.3) is 0 Å². The minimum atomic E-state index is 0.445. The fourth-order valence-electron chi connectivity index (χ4n) is 1.68. The van der Waals surface area contributed by atoms with E-state index in [9.17, 15) is 0 Å². The number of benzene rings is 1. The van der Waals surface area contributed by atoms with Gasteiger partial charge in [-0.15, -0.1) is 0 Å². The molecule has 0 radical (unpaired) electrons. The highest BCUT2D eigenvalue weighted by Gasteiger charge is 2.01. The quantitative estimate of drug-likeness (QED) is 0.921. The molecule has 1 heterocycles. The number of aryl methyl sites for hydroxylation is 1. The molecule has 0 saturated carbocycles. The van der Waals surface area contributed by atoms with E-state index in [1.54, 1.807) is 0 Å². The van der Waals surface area contributed by atoms with Crippen LogP contribution in [0.2, 0.25) is 5.02 Å². The smallest absolute Gasteiger partial charge is 0.214 e. The number of nitrogens with two attached hydrogens (primary N) is 1. The summed E-state index contributed by atoms with van der Waals surface area (Å²) in [6, 6.07) is 11.4. The molecule has 2 aromatic rings. The predicted octanol–water partition coefficient (Wildman–Crippen LogP) is 3.08. The van der Waals surface area contributed by atoms with Crippen LogP contribution in [-0.2, 0) is 13.2 Å². The third kappa shape index (κ3) is 3.45. The topological polar surface area (TPSA) is 48.1 Å². The second kappa shape index (κ2) is 5.85. The Labute approximate surface area is 112 Å². The lowest BCUT2D eigenvalue weighted by Crippen LogP contribution is -2.02. The van der Waals surface area contributed by atoms with Crippen molar-refractivity contribution in [2.24, 2.45) is 5.73 Å². The Morgan fingerprint density at radius 3 is 2.78 bits per heavy atom. The highest BCUT2D eigenvalue weighted by Crippen LogP contribution is 2.15. The zero-order valence-corrected chi connectivity index (χ0v) is 10.9. The third-order valence-electron chi connectivity index (χ3n) is 2.50. The van der Waals surface area contributed by atoms with Gasteiger partial charge < -0.3 is 10.5 Å². The van der Waals surface area contributed by atoms with Crippen molar-refractivity contribution in [1.82, 2.24) is 4.98 Å². The number of hydrogen-bond donors (Lipinski definition) is 1. The fourth-order valence-corrected chi connectivity index (χ4v) is 1.90. The molecular formula is C14H15ClN2O. The highest BCUT2D eigenvalue weighted by molar-refractivity contribution is 6.30. The molecule has 2 N–H and O–H groups in total. The first-order valence-electron chi connectivity index (χ1n) is 5.72. The predicted molar refractivity (Wildman–Crippen MR) is 72.6 cm³/mol. The van der Waals surface area contributed by atoms with E-state index in [1.807, 2.05) is 43.3 Å². The number of nitrogens with zero attached hydrogens (tertiary/aromatic N) is 1. The van der Waals surface area contributed by atoms with Crippen molar-refractivity contribution < 1.29 is 4.74 Å². The maximum Gasteiger partial charge on any atom is 0.214 e. The first-order valence-corrected chi connectivity index (χ1v) is 6.10. The van der Waals surface area contributed by atoms with E-state index in [0.29, 0.717) is 24.1 Å². The SMILES string of the molecule is Cc1cc(CN)cc(OCc2cccc(Cl)c2)n1. The lowest BCUT2D eigenvalue weighted by molar-refractivity contribution is 0.293. The Hall–Kier alpha value is -1.58. The van der Waals surface area contributed by atoms with Crippen LogP contribution in [-0.4, -0.2) is 4.98 Å². The summed E-state index contributed by atoms with van der Waals surface area (Å²) >= 11 is 5.91. The van der Waals surface area contributed by atoms with Gasteiger partial charge in [0.1, 0.15) is 6.61 Å². The van der Waals surface area contributed by atoms with Gasteiger partial charge >= 0.3 is 0 Å². The molecule has 0 aliphatic rings. The van der Waals surface area contributed by atoms with Crippen molar-refractivity contribution in [3.8, 4) is 5.88 Å². The molecule has 0 unspecified atom stereocenters. The van der Waals surface area contributed by atoms with Gasteiger partial charge in [0, 0.05) is 23.3 Å². The Morgan fingerprint density at radius 1 is 1.22 bits per heavy atom. The molecule has 0 spiro atoms. The molecule has 3 nitrogen and oxygen atoms in total. The van der Waals surface area contributed by atoms with Gasteiger partial charge in [-0.3, -0.25) is 0 Å². The van der Waals surface area contributed by atoms with Crippen molar-refractivity contribution in [1.29, 1.82) is 0 Å². The molecule has 0 saturated heterocycles. The van der Waals surface area contributed by atoms with Crippen LogP contribution in [0, 0.1) is 6.92 Å². The summed E-state index contributed by atoms with van der Waals surface area (Å²) < 4.78 is 5.65. The van der Waals surface area contributed by atoms with E-state index in [1.165, 1.54) is 0 Å². The van der Waals surface area contributed by atoms with Gasteiger partial charge in [0.2, 0.25) is 5.88 Å². The number of ether oxygens (including phenoxy) is 1. The summed E-state index contributed by atoms with van der Waals surface area (Å²) in [5, 5.41) is 0.705. The first-order chi connectivity index (χ1) is 8.67. The molecule has 0 bridgehead atoms. The standard InChI is InChI=1S/C14H15ClN2O/c1-10-5-12(8-16)7-14(17-10)18-9-11-3-2-4-13(15)6-11/h2-7H,8-9,16H2,1H3. The average molecular weight is 263 g/mol. The maximum atomic E-state index is 5.91. The summed E-state index contributed by atoms with van der Waals surface area (Å²) in [6.07, 6.45) is 0. The van der Waals surface area contributed by atoms with Gasteiger partial charge in [-0.25, -0.2) is 4.98 Å². The van der Waals surface area contributed by atoms with E-state index in [2.05, 4.69) is 4.98 Å². The van der Waals surface area contributed by atoms with Crippen LogP contribution < -0.4 is 10.5 Å². The van der Waals surface area contributed by atoms with Crippen LogP contribution in [0.15, 0.2) is 36.4 Å². The normalized spacial score (nSPS) is 10.4. The van der Waals surface area contributed by atoms with E-state index < -0.39 is 0 Å².